The van der Waals surface area contributed by atoms with Crippen LogP contribution < -0.4 is 5.43 Å². The number of halogens is 1. The van der Waals surface area contributed by atoms with Crippen LogP contribution in [0.1, 0.15) is 0 Å². The number of para-hydroxylation sites is 1. The molecule has 0 N–H and O–H groups in total. The van der Waals surface area contributed by atoms with Crippen molar-refractivity contribution in [1.29, 1.82) is 0 Å². The largest absolute Gasteiger partial charge is 0.456 e. The second kappa shape index (κ2) is 3.17. The summed E-state index contributed by atoms with van der Waals surface area (Å²) in [7, 11) is 0. The van der Waals surface area contributed by atoms with Gasteiger partial charge in [-0.2, -0.15) is 0 Å². The predicted molar refractivity (Wildman–Crippen MR) is 59.9 cm³/mol. The van der Waals surface area contributed by atoms with E-state index in [2.05, 4.69) is 0 Å². The molecular weight excluding hydrogens is 207 g/mol. The lowest BCUT2D eigenvalue weighted by atomic mass is 10.1. The SMILES string of the molecule is O=c1c2ccccc2oc2ccc(F)cc12. The van der Waals surface area contributed by atoms with Crippen LogP contribution in [0.4, 0.5) is 4.39 Å². The Kier molecular flexibility index (Phi) is 1.80. The minimum absolute atomic E-state index is 0.198. The van der Waals surface area contributed by atoms with E-state index in [1.807, 2.05) is 0 Å². The fourth-order valence-electron chi connectivity index (χ4n) is 1.78. The quantitative estimate of drug-likeness (QED) is 0.538. The van der Waals surface area contributed by atoms with Crippen molar-refractivity contribution in [1.82, 2.24) is 0 Å². The van der Waals surface area contributed by atoms with Gasteiger partial charge in [-0.15, -0.1) is 0 Å². The summed E-state index contributed by atoms with van der Waals surface area (Å²) in [5.74, 6) is -0.435. The Bertz CT molecular complexity index is 744. The van der Waals surface area contributed by atoms with Crippen molar-refractivity contribution >= 4 is 21.9 Å². The van der Waals surface area contributed by atoms with Crippen molar-refractivity contribution in [2.24, 2.45) is 0 Å². The standard InChI is InChI=1S/C13H7FO2/c14-8-5-6-12-10(7-8)13(15)9-3-1-2-4-11(9)16-12/h1-7H. The van der Waals surface area contributed by atoms with Gasteiger partial charge in [0.25, 0.3) is 0 Å². The predicted octanol–water partition coefficient (Wildman–Crippen LogP) is 3.09. The van der Waals surface area contributed by atoms with E-state index in [1.165, 1.54) is 18.2 Å². The van der Waals surface area contributed by atoms with Gasteiger partial charge < -0.3 is 4.42 Å². The highest BCUT2D eigenvalue weighted by molar-refractivity contribution is 5.89. The second-order valence-corrected chi connectivity index (χ2v) is 3.57. The Balaban J connectivity index is 2.61. The van der Waals surface area contributed by atoms with Crippen LogP contribution in [0.3, 0.4) is 0 Å². The average Bonchev–Trinajstić information content (AvgIpc) is 2.31. The molecule has 0 saturated carbocycles. The van der Waals surface area contributed by atoms with Gasteiger partial charge in [-0.1, -0.05) is 12.1 Å². The van der Waals surface area contributed by atoms with Crippen molar-refractivity contribution in [3.05, 3.63) is 58.5 Å². The van der Waals surface area contributed by atoms with Crippen molar-refractivity contribution in [2.45, 2.75) is 0 Å². The molecule has 2 aromatic carbocycles. The molecule has 3 heteroatoms. The third kappa shape index (κ3) is 1.21. The molecule has 0 atom stereocenters. The van der Waals surface area contributed by atoms with Crippen LogP contribution >= 0.6 is 0 Å². The molecule has 0 saturated heterocycles. The first-order chi connectivity index (χ1) is 7.75. The normalized spacial score (nSPS) is 11.1. The highest BCUT2D eigenvalue weighted by Gasteiger charge is 2.07. The summed E-state index contributed by atoms with van der Waals surface area (Å²) in [6, 6.07) is 10.9. The lowest BCUT2D eigenvalue weighted by Gasteiger charge is -2.00. The summed E-state index contributed by atoms with van der Waals surface area (Å²) in [6.45, 7) is 0. The third-order valence-electron chi connectivity index (χ3n) is 2.54. The van der Waals surface area contributed by atoms with E-state index in [9.17, 15) is 9.18 Å². The lowest BCUT2D eigenvalue weighted by molar-refractivity contribution is 0.623. The van der Waals surface area contributed by atoms with Gasteiger partial charge in [-0.25, -0.2) is 4.39 Å². The van der Waals surface area contributed by atoms with Crippen LogP contribution in [0, 0.1) is 5.82 Å². The van der Waals surface area contributed by atoms with Gasteiger partial charge in [-0.05, 0) is 30.3 Å². The van der Waals surface area contributed by atoms with E-state index < -0.39 is 5.82 Å². The third-order valence-corrected chi connectivity index (χ3v) is 2.54. The van der Waals surface area contributed by atoms with Crippen molar-refractivity contribution in [3.8, 4) is 0 Å². The van der Waals surface area contributed by atoms with Gasteiger partial charge in [0.15, 0.2) is 0 Å². The zero-order valence-corrected chi connectivity index (χ0v) is 8.24. The zero-order chi connectivity index (χ0) is 11.1. The number of hydrogen-bond donors (Lipinski definition) is 0. The first-order valence-electron chi connectivity index (χ1n) is 4.87. The van der Waals surface area contributed by atoms with Crippen molar-refractivity contribution in [3.63, 3.8) is 0 Å². The van der Waals surface area contributed by atoms with Gasteiger partial charge in [0.1, 0.15) is 17.0 Å². The summed E-state index contributed by atoms with van der Waals surface area (Å²) in [6.07, 6.45) is 0. The van der Waals surface area contributed by atoms with E-state index in [-0.39, 0.29) is 10.8 Å². The van der Waals surface area contributed by atoms with Crippen LogP contribution in [-0.2, 0) is 0 Å². The maximum absolute atomic E-state index is 13.0. The molecule has 3 rings (SSSR count). The van der Waals surface area contributed by atoms with E-state index in [1.54, 1.807) is 24.3 Å². The molecule has 16 heavy (non-hydrogen) atoms. The fourth-order valence-corrected chi connectivity index (χ4v) is 1.78. The Hall–Kier alpha value is -2.16. The minimum atomic E-state index is -0.435. The molecular formula is C13H7FO2. The molecule has 1 heterocycles. The van der Waals surface area contributed by atoms with Crippen LogP contribution in [0.15, 0.2) is 51.7 Å². The number of benzene rings is 2. The summed E-state index contributed by atoms with van der Waals surface area (Å²) in [4.78, 5) is 12.0. The van der Waals surface area contributed by atoms with E-state index in [4.69, 9.17) is 4.42 Å². The summed E-state index contributed by atoms with van der Waals surface area (Å²) in [5, 5.41) is 0.749. The molecule has 0 unspecified atom stereocenters. The average molecular weight is 214 g/mol. The highest BCUT2D eigenvalue weighted by atomic mass is 19.1. The first kappa shape index (κ1) is 9.09. The molecule has 1 aromatic heterocycles. The van der Waals surface area contributed by atoms with E-state index >= 15 is 0 Å². The summed E-state index contributed by atoms with van der Waals surface area (Å²) in [5.41, 5.74) is 0.730. The topological polar surface area (TPSA) is 30.2 Å². The Labute approximate surface area is 89.9 Å². The molecule has 0 fully saturated rings. The highest BCUT2D eigenvalue weighted by Crippen LogP contribution is 2.18. The number of rotatable bonds is 0. The minimum Gasteiger partial charge on any atom is -0.456 e. The monoisotopic (exact) mass is 214 g/mol. The Morgan fingerprint density at radius 1 is 0.938 bits per heavy atom. The van der Waals surface area contributed by atoms with Gasteiger partial charge in [0.2, 0.25) is 5.43 Å². The molecule has 0 aliphatic carbocycles. The first-order valence-corrected chi connectivity index (χ1v) is 4.87. The van der Waals surface area contributed by atoms with E-state index in [0.29, 0.717) is 16.6 Å². The van der Waals surface area contributed by atoms with Gasteiger partial charge in [0, 0.05) is 0 Å². The molecule has 0 aliphatic heterocycles. The molecule has 78 valence electrons. The lowest BCUT2D eigenvalue weighted by Crippen LogP contribution is -2.01. The molecule has 2 nitrogen and oxygen atoms in total. The van der Waals surface area contributed by atoms with Gasteiger partial charge in [-0.3, -0.25) is 4.79 Å². The number of fused-ring (bicyclic) bond motifs is 2. The maximum atomic E-state index is 13.0. The summed E-state index contributed by atoms with van der Waals surface area (Å²) >= 11 is 0. The van der Waals surface area contributed by atoms with Crippen LogP contribution in [0.5, 0.6) is 0 Å². The van der Waals surface area contributed by atoms with Crippen LogP contribution in [0.25, 0.3) is 21.9 Å². The van der Waals surface area contributed by atoms with Crippen molar-refractivity contribution in [2.75, 3.05) is 0 Å². The molecule has 0 spiro atoms. The second-order valence-electron chi connectivity index (χ2n) is 3.57. The van der Waals surface area contributed by atoms with Crippen molar-refractivity contribution < 1.29 is 8.81 Å². The molecule has 0 radical (unpaired) electrons. The van der Waals surface area contributed by atoms with E-state index in [0.717, 1.165) is 0 Å². The molecule has 0 amide bonds. The number of hydrogen-bond acceptors (Lipinski definition) is 2. The fraction of sp³-hybridized carbons (Fsp3) is 0. The van der Waals surface area contributed by atoms with Crippen LogP contribution in [0.2, 0.25) is 0 Å². The Morgan fingerprint density at radius 2 is 1.69 bits per heavy atom. The van der Waals surface area contributed by atoms with Gasteiger partial charge >= 0.3 is 0 Å². The Morgan fingerprint density at radius 3 is 2.56 bits per heavy atom. The maximum Gasteiger partial charge on any atom is 0.200 e. The molecule has 0 aliphatic rings. The smallest absolute Gasteiger partial charge is 0.200 e. The van der Waals surface area contributed by atoms with Crippen LogP contribution in [-0.4, -0.2) is 0 Å². The molecule has 0 bridgehead atoms. The van der Waals surface area contributed by atoms with Gasteiger partial charge in [0.05, 0.1) is 10.8 Å². The summed E-state index contributed by atoms with van der Waals surface area (Å²) < 4.78 is 18.6. The zero-order valence-electron chi connectivity index (χ0n) is 8.24. The molecule has 3 aromatic rings.